The Kier molecular flexibility index (Phi) is 4.37. The molecule has 2 heteroatoms. The van der Waals surface area contributed by atoms with Crippen LogP contribution in [0.5, 0.6) is 0 Å². The maximum atomic E-state index is 10.9. The predicted molar refractivity (Wildman–Crippen MR) is 126 cm³/mol. The zero-order chi connectivity index (χ0) is 22.0. The third-order valence-corrected chi connectivity index (χ3v) is 13.8. The van der Waals surface area contributed by atoms with Crippen molar-refractivity contribution in [1.29, 1.82) is 0 Å². The molecule has 1 heterocycles. The number of hydrogen-bond acceptors (Lipinski definition) is 2. The number of fused-ring (bicyclic) bond motifs is 5. The van der Waals surface area contributed by atoms with Crippen LogP contribution >= 0.6 is 0 Å². The van der Waals surface area contributed by atoms with Gasteiger partial charge in [0.25, 0.3) is 0 Å². The van der Waals surface area contributed by atoms with Crippen LogP contribution in [0.4, 0.5) is 0 Å². The van der Waals surface area contributed by atoms with Crippen molar-refractivity contribution in [2.24, 2.45) is 57.2 Å². The average Bonchev–Trinajstić information content (AvgIpc) is 3.02. The van der Waals surface area contributed by atoms with E-state index in [0.717, 1.165) is 42.6 Å². The maximum absolute atomic E-state index is 10.9. The first-order valence-corrected chi connectivity index (χ1v) is 13.8. The van der Waals surface area contributed by atoms with Gasteiger partial charge in [-0.15, -0.1) is 0 Å². The Bertz CT molecular complexity index is 760. The number of hydrogen-bond donors (Lipinski definition) is 1. The third kappa shape index (κ3) is 2.38. The number of ether oxygens (including phenoxy) is 1. The van der Waals surface area contributed by atoms with E-state index in [9.17, 15) is 5.11 Å². The van der Waals surface area contributed by atoms with Crippen LogP contribution in [0.3, 0.4) is 0 Å². The maximum Gasteiger partial charge on any atom is 0.0716 e. The second-order valence-corrected chi connectivity index (χ2v) is 14.6. The summed E-state index contributed by atoms with van der Waals surface area (Å²) in [6, 6.07) is 0. The average molecular weight is 429 g/mol. The van der Waals surface area contributed by atoms with Gasteiger partial charge in [0.15, 0.2) is 0 Å². The largest absolute Gasteiger partial charge is 0.393 e. The smallest absolute Gasteiger partial charge is 0.0716 e. The molecule has 2 nitrogen and oxygen atoms in total. The molecule has 6 aliphatic rings. The SMILES string of the molecule is C[C@@H]1CO[C@]23CC[C@@H]1[C@@H]2[C@H]1CC[C@@H]2[C@@]4(C)CC[C@H](O)C(C)(C)[C@@H]4CC[C@@]2(C)[C@]1(C)CC3. The molecule has 0 spiro atoms. The quantitative estimate of drug-likeness (QED) is 0.457. The van der Waals surface area contributed by atoms with Crippen molar-refractivity contribution in [3.63, 3.8) is 0 Å². The van der Waals surface area contributed by atoms with E-state index in [2.05, 4.69) is 41.5 Å². The van der Waals surface area contributed by atoms with E-state index in [-0.39, 0.29) is 17.1 Å². The molecule has 2 bridgehead atoms. The molecule has 0 unspecified atom stereocenters. The molecule has 0 aromatic rings. The van der Waals surface area contributed by atoms with E-state index in [1.54, 1.807) is 0 Å². The molecule has 5 saturated carbocycles. The van der Waals surface area contributed by atoms with Gasteiger partial charge in [-0.3, -0.25) is 0 Å². The van der Waals surface area contributed by atoms with Gasteiger partial charge < -0.3 is 9.84 Å². The molecular weight excluding hydrogens is 380 g/mol. The molecule has 0 aromatic heterocycles. The van der Waals surface area contributed by atoms with Crippen LogP contribution in [0, 0.1) is 57.2 Å². The topological polar surface area (TPSA) is 29.5 Å². The van der Waals surface area contributed by atoms with E-state index in [1.807, 2.05) is 0 Å². The molecule has 1 saturated heterocycles. The molecule has 11 atom stereocenters. The minimum absolute atomic E-state index is 0.0639. The Morgan fingerprint density at radius 1 is 0.742 bits per heavy atom. The van der Waals surface area contributed by atoms with Crippen molar-refractivity contribution in [2.75, 3.05) is 6.61 Å². The standard InChI is InChI=1S/C29H48O2/c1-18-17-31-29-14-9-19(18)24(29)20-7-8-22-26(4)12-11-23(30)25(2,3)21(26)10-13-28(22,6)27(20,5)15-16-29/h18-24,30H,7-17H2,1-6H3/t18-,19+,20-,21+,22-,23+,24-,26+,27-,28-,29+/m1/s1. The summed E-state index contributed by atoms with van der Waals surface area (Å²) in [4.78, 5) is 0. The minimum atomic E-state index is -0.118. The van der Waals surface area contributed by atoms with Crippen molar-refractivity contribution in [2.45, 2.75) is 117 Å². The fourth-order valence-electron chi connectivity index (χ4n) is 11.9. The van der Waals surface area contributed by atoms with Gasteiger partial charge in [0.2, 0.25) is 0 Å². The summed E-state index contributed by atoms with van der Waals surface area (Å²) in [6.45, 7) is 16.4. The van der Waals surface area contributed by atoms with Crippen LogP contribution in [0.1, 0.15) is 106 Å². The van der Waals surface area contributed by atoms with Crippen LogP contribution in [0.15, 0.2) is 0 Å². The fraction of sp³-hybridized carbons (Fsp3) is 1.00. The highest BCUT2D eigenvalue weighted by molar-refractivity contribution is 5.20. The van der Waals surface area contributed by atoms with Gasteiger partial charge in [0.05, 0.1) is 18.3 Å². The Balaban J connectivity index is 1.39. The monoisotopic (exact) mass is 428 g/mol. The molecule has 5 aliphatic carbocycles. The van der Waals surface area contributed by atoms with E-state index < -0.39 is 0 Å². The molecule has 0 aromatic carbocycles. The second-order valence-electron chi connectivity index (χ2n) is 14.6. The van der Waals surface area contributed by atoms with Crippen LogP contribution in [0.25, 0.3) is 0 Å². The Morgan fingerprint density at radius 3 is 2.29 bits per heavy atom. The van der Waals surface area contributed by atoms with Crippen LogP contribution in [0.2, 0.25) is 0 Å². The van der Waals surface area contributed by atoms with Gasteiger partial charge in [-0.1, -0.05) is 41.5 Å². The van der Waals surface area contributed by atoms with Gasteiger partial charge in [0, 0.05) is 0 Å². The van der Waals surface area contributed by atoms with Gasteiger partial charge in [0.1, 0.15) is 0 Å². The van der Waals surface area contributed by atoms with Crippen molar-refractivity contribution in [3.8, 4) is 0 Å². The minimum Gasteiger partial charge on any atom is -0.393 e. The summed E-state index contributed by atoms with van der Waals surface area (Å²) in [5.74, 6) is 4.84. The number of rotatable bonds is 0. The molecule has 6 fully saturated rings. The van der Waals surface area contributed by atoms with Crippen LogP contribution in [-0.4, -0.2) is 23.4 Å². The Hall–Kier alpha value is -0.0800. The zero-order valence-electron chi connectivity index (χ0n) is 21.2. The normalized spacial score (nSPS) is 62.2. The highest BCUT2D eigenvalue weighted by Crippen LogP contribution is 2.77. The van der Waals surface area contributed by atoms with Crippen molar-refractivity contribution in [3.05, 3.63) is 0 Å². The molecule has 0 amide bonds. The molecule has 31 heavy (non-hydrogen) atoms. The molecule has 1 aliphatic heterocycles. The van der Waals surface area contributed by atoms with E-state index >= 15 is 0 Å². The zero-order valence-corrected chi connectivity index (χ0v) is 21.2. The first-order valence-electron chi connectivity index (χ1n) is 13.8. The molecule has 6 rings (SSSR count). The molecule has 176 valence electrons. The summed E-state index contributed by atoms with van der Waals surface area (Å²) >= 11 is 0. The number of aliphatic hydroxyl groups is 1. The summed E-state index contributed by atoms with van der Waals surface area (Å²) in [5, 5.41) is 10.9. The summed E-state index contributed by atoms with van der Waals surface area (Å²) < 4.78 is 6.75. The van der Waals surface area contributed by atoms with Gasteiger partial charge in [-0.2, -0.15) is 0 Å². The summed E-state index contributed by atoms with van der Waals surface area (Å²) in [6.07, 6.45) is 13.1. The molecular formula is C29H48O2. The third-order valence-electron chi connectivity index (χ3n) is 13.8. The lowest BCUT2D eigenvalue weighted by atomic mass is 9.32. The fourth-order valence-corrected chi connectivity index (χ4v) is 11.9. The van der Waals surface area contributed by atoms with Crippen molar-refractivity contribution < 1.29 is 9.84 Å². The van der Waals surface area contributed by atoms with Gasteiger partial charge in [-0.05, 0) is 121 Å². The lowest BCUT2D eigenvalue weighted by molar-refractivity contribution is -0.272. The number of aliphatic hydroxyl groups excluding tert-OH is 1. The molecule has 0 radical (unpaired) electrons. The van der Waals surface area contributed by atoms with E-state index in [4.69, 9.17) is 4.74 Å². The highest BCUT2D eigenvalue weighted by atomic mass is 16.5. The van der Waals surface area contributed by atoms with Crippen LogP contribution < -0.4 is 0 Å². The van der Waals surface area contributed by atoms with Crippen molar-refractivity contribution in [1.82, 2.24) is 0 Å². The Morgan fingerprint density at radius 2 is 1.52 bits per heavy atom. The lowest BCUT2D eigenvalue weighted by Gasteiger charge is -2.73. The van der Waals surface area contributed by atoms with Crippen LogP contribution in [-0.2, 0) is 4.74 Å². The predicted octanol–water partition coefficient (Wildman–Crippen LogP) is 6.85. The summed E-state index contributed by atoms with van der Waals surface area (Å²) in [7, 11) is 0. The highest BCUT2D eigenvalue weighted by Gasteiger charge is 2.71. The van der Waals surface area contributed by atoms with E-state index in [1.165, 1.54) is 57.8 Å². The van der Waals surface area contributed by atoms with Gasteiger partial charge >= 0.3 is 0 Å². The Labute approximate surface area is 191 Å². The first-order chi connectivity index (χ1) is 14.5. The van der Waals surface area contributed by atoms with Crippen molar-refractivity contribution >= 4 is 0 Å². The molecule has 1 N–H and O–H groups in total. The van der Waals surface area contributed by atoms with Gasteiger partial charge in [-0.25, -0.2) is 0 Å². The second kappa shape index (κ2) is 6.32. The van der Waals surface area contributed by atoms with E-state index in [0.29, 0.717) is 22.2 Å². The first kappa shape index (κ1) is 21.5. The summed E-state index contributed by atoms with van der Waals surface area (Å²) in [5.41, 5.74) is 1.60. The lowest BCUT2D eigenvalue weighted by Crippen LogP contribution is -2.68.